The Hall–Kier alpha value is -2.15. The van der Waals surface area contributed by atoms with E-state index in [1.54, 1.807) is 7.11 Å². The first-order valence-electron chi connectivity index (χ1n) is 6.92. The third-order valence-electron chi connectivity index (χ3n) is 3.97. The minimum Gasteiger partial charge on any atom is -0.497 e. The fourth-order valence-corrected chi connectivity index (χ4v) is 3.42. The molecule has 0 aliphatic heterocycles. The molecule has 1 aliphatic rings. The number of nitrogen functional groups attached to an aromatic ring is 1. The summed E-state index contributed by atoms with van der Waals surface area (Å²) in [5.74, 6) is 2.23. The molecular weight excluding hydrogens is 286 g/mol. The molecule has 4 rings (SSSR count). The SMILES string of the molecule is COc1ccc(-c2nn3c(C4CCC4)nnc3s2)c(N)c1. The van der Waals surface area contributed by atoms with Gasteiger partial charge < -0.3 is 10.5 Å². The van der Waals surface area contributed by atoms with Gasteiger partial charge in [-0.1, -0.05) is 17.8 Å². The molecule has 2 heterocycles. The molecule has 1 saturated carbocycles. The van der Waals surface area contributed by atoms with E-state index in [2.05, 4.69) is 15.3 Å². The predicted octanol–water partition coefficient (Wildman–Crippen LogP) is 2.71. The number of aromatic nitrogens is 4. The summed E-state index contributed by atoms with van der Waals surface area (Å²) in [6, 6.07) is 5.63. The number of ether oxygens (including phenoxy) is 1. The number of rotatable bonds is 3. The molecule has 1 fully saturated rings. The largest absolute Gasteiger partial charge is 0.497 e. The van der Waals surface area contributed by atoms with Crippen LogP contribution in [0.2, 0.25) is 0 Å². The second-order valence-corrected chi connectivity index (χ2v) is 6.20. The van der Waals surface area contributed by atoms with Gasteiger partial charge in [-0.15, -0.1) is 10.2 Å². The summed E-state index contributed by atoms with van der Waals surface area (Å²) in [6.07, 6.45) is 3.62. The smallest absolute Gasteiger partial charge is 0.234 e. The van der Waals surface area contributed by atoms with E-state index in [9.17, 15) is 0 Å². The fraction of sp³-hybridized carbons (Fsp3) is 0.357. The van der Waals surface area contributed by atoms with E-state index in [0.717, 1.165) is 27.1 Å². The van der Waals surface area contributed by atoms with E-state index in [-0.39, 0.29) is 0 Å². The van der Waals surface area contributed by atoms with E-state index in [4.69, 9.17) is 10.5 Å². The molecule has 0 atom stereocenters. The topological polar surface area (TPSA) is 78.3 Å². The molecule has 0 unspecified atom stereocenters. The van der Waals surface area contributed by atoms with Crippen LogP contribution in [0, 0.1) is 0 Å². The van der Waals surface area contributed by atoms with E-state index >= 15 is 0 Å². The van der Waals surface area contributed by atoms with Gasteiger partial charge >= 0.3 is 0 Å². The van der Waals surface area contributed by atoms with Crippen LogP contribution in [0.25, 0.3) is 15.5 Å². The maximum atomic E-state index is 6.10. The number of nitrogens with zero attached hydrogens (tertiary/aromatic N) is 4. The summed E-state index contributed by atoms with van der Waals surface area (Å²) >= 11 is 1.51. The average molecular weight is 301 g/mol. The quantitative estimate of drug-likeness (QED) is 0.752. The summed E-state index contributed by atoms with van der Waals surface area (Å²) in [4.78, 5) is 0.821. The van der Waals surface area contributed by atoms with Crippen LogP contribution in [0.5, 0.6) is 5.75 Å². The van der Waals surface area contributed by atoms with Crippen molar-refractivity contribution in [2.45, 2.75) is 25.2 Å². The van der Waals surface area contributed by atoms with Gasteiger partial charge in [0.15, 0.2) is 5.82 Å². The van der Waals surface area contributed by atoms with Crippen molar-refractivity contribution in [1.29, 1.82) is 0 Å². The average Bonchev–Trinajstić information content (AvgIpc) is 2.98. The standard InChI is InChI=1S/C14H15N5OS/c1-20-9-5-6-10(11(15)7-9)13-18-19-12(8-3-2-4-8)16-17-14(19)21-13/h5-8H,2-4,15H2,1H3. The molecule has 0 amide bonds. The Balaban J connectivity index is 1.78. The first kappa shape index (κ1) is 12.6. The Morgan fingerprint density at radius 3 is 2.86 bits per heavy atom. The zero-order valence-electron chi connectivity index (χ0n) is 11.6. The summed E-state index contributed by atoms with van der Waals surface area (Å²) in [5.41, 5.74) is 7.66. The summed E-state index contributed by atoms with van der Waals surface area (Å²) in [5, 5.41) is 14.0. The van der Waals surface area contributed by atoms with Gasteiger partial charge in [0.05, 0.1) is 7.11 Å². The van der Waals surface area contributed by atoms with Crippen molar-refractivity contribution in [3.8, 4) is 16.3 Å². The van der Waals surface area contributed by atoms with Crippen molar-refractivity contribution in [2.75, 3.05) is 12.8 Å². The maximum Gasteiger partial charge on any atom is 0.234 e. The minimum atomic E-state index is 0.503. The van der Waals surface area contributed by atoms with Gasteiger partial charge in [0, 0.05) is 23.2 Å². The second-order valence-electron chi connectivity index (χ2n) is 5.24. The molecule has 3 aromatic rings. The lowest BCUT2D eigenvalue weighted by Crippen LogP contribution is -2.13. The second kappa shape index (κ2) is 4.70. The van der Waals surface area contributed by atoms with Crippen molar-refractivity contribution in [2.24, 2.45) is 0 Å². The van der Waals surface area contributed by atoms with E-state index in [1.165, 1.54) is 30.6 Å². The van der Waals surface area contributed by atoms with E-state index in [0.29, 0.717) is 11.6 Å². The van der Waals surface area contributed by atoms with Crippen LogP contribution in [-0.2, 0) is 0 Å². The number of hydrogen-bond donors (Lipinski definition) is 1. The van der Waals surface area contributed by atoms with Crippen molar-refractivity contribution < 1.29 is 4.74 Å². The molecule has 1 aromatic carbocycles. The van der Waals surface area contributed by atoms with Crippen LogP contribution >= 0.6 is 11.3 Å². The van der Waals surface area contributed by atoms with Gasteiger partial charge in [-0.05, 0) is 25.0 Å². The minimum absolute atomic E-state index is 0.503. The Morgan fingerprint density at radius 2 is 2.19 bits per heavy atom. The maximum absolute atomic E-state index is 6.10. The van der Waals surface area contributed by atoms with Gasteiger partial charge in [-0.25, -0.2) is 0 Å². The molecule has 7 heteroatoms. The molecule has 0 bridgehead atoms. The predicted molar refractivity (Wildman–Crippen MR) is 81.7 cm³/mol. The Labute approximate surface area is 125 Å². The third-order valence-corrected chi connectivity index (χ3v) is 4.91. The lowest BCUT2D eigenvalue weighted by Gasteiger charge is -2.22. The molecule has 0 radical (unpaired) electrons. The lowest BCUT2D eigenvalue weighted by atomic mass is 9.85. The molecule has 21 heavy (non-hydrogen) atoms. The zero-order chi connectivity index (χ0) is 14.4. The summed E-state index contributed by atoms with van der Waals surface area (Å²) in [7, 11) is 1.63. The first-order valence-corrected chi connectivity index (χ1v) is 7.74. The number of methoxy groups -OCH3 is 1. The van der Waals surface area contributed by atoms with Crippen molar-refractivity contribution in [1.82, 2.24) is 19.8 Å². The zero-order valence-corrected chi connectivity index (χ0v) is 12.4. The Kier molecular flexibility index (Phi) is 2.81. The number of hydrogen-bond acceptors (Lipinski definition) is 6. The number of anilines is 1. The molecule has 0 spiro atoms. The van der Waals surface area contributed by atoms with Crippen molar-refractivity contribution in [3.63, 3.8) is 0 Å². The molecule has 1 aliphatic carbocycles. The van der Waals surface area contributed by atoms with Gasteiger partial charge in [0.1, 0.15) is 10.8 Å². The highest BCUT2D eigenvalue weighted by molar-refractivity contribution is 7.19. The molecular formula is C14H15N5OS. The summed E-state index contributed by atoms with van der Waals surface area (Å²) in [6.45, 7) is 0. The Bertz CT molecular complexity index is 805. The van der Waals surface area contributed by atoms with E-state index in [1.807, 2.05) is 22.7 Å². The van der Waals surface area contributed by atoms with Crippen LogP contribution in [0.3, 0.4) is 0 Å². The van der Waals surface area contributed by atoms with E-state index < -0.39 is 0 Å². The Morgan fingerprint density at radius 1 is 1.33 bits per heavy atom. The van der Waals surface area contributed by atoms with Crippen molar-refractivity contribution in [3.05, 3.63) is 24.0 Å². The highest BCUT2D eigenvalue weighted by Crippen LogP contribution is 2.37. The highest BCUT2D eigenvalue weighted by atomic mass is 32.1. The number of fused-ring (bicyclic) bond motifs is 1. The summed E-state index contributed by atoms with van der Waals surface area (Å²) < 4.78 is 7.05. The van der Waals surface area contributed by atoms with Gasteiger partial charge in [0.25, 0.3) is 0 Å². The molecule has 0 saturated heterocycles. The number of nitrogens with two attached hydrogens (primary N) is 1. The van der Waals surface area contributed by atoms with Crippen LogP contribution < -0.4 is 10.5 Å². The lowest BCUT2D eigenvalue weighted by molar-refractivity contribution is 0.395. The fourth-order valence-electron chi connectivity index (χ4n) is 2.52. The van der Waals surface area contributed by atoms with Gasteiger partial charge in [-0.3, -0.25) is 0 Å². The van der Waals surface area contributed by atoms with Gasteiger partial charge in [0.2, 0.25) is 4.96 Å². The first-order chi connectivity index (χ1) is 10.3. The number of benzene rings is 1. The van der Waals surface area contributed by atoms with Crippen molar-refractivity contribution >= 4 is 22.0 Å². The normalized spacial score (nSPS) is 15.3. The van der Waals surface area contributed by atoms with Crippen LogP contribution in [0.4, 0.5) is 5.69 Å². The monoisotopic (exact) mass is 301 g/mol. The molecule has 108 valence electrons. The van der Waals surface area contributed by atoms with Crippen LogP contribution in [-0.4, -0.2) is 26.9 Å². The molecule has 2 N–H and O–H groups in total. The third kappa shape index (κ3) is 1.96. The van der Waals surface area contributed by atoms with Crippen LogP contribution in [0.1, 0.15) is 31.0 Å². The van der Waals surface area contributed by atoms with Gasteiger partial charge in [-0.2, -0.15) is 9.61 Å². The highest BCUT2D eigenvalue weighted by Gasteiger charge is 2.26. The molecule has 2 aromatic heterocycles. The van der Waals surface area contributed by atoms with Crippen LogP contribution in [0.15, 0.2) is 18.2 Å². The molecule has 6 nitrogen and oxygen atoms in total.